The molecule has 3 atom stereocenters. The second-order valence-corrected chi connectivity index (χ2v) is 10.3. The lowest BCUT2D eigenvalue weighted by Gasteiger charge is -2.25. The number of amides is 3. The van der Waals surface area contributed by atoms with Crippen molar-refractivity contribution >= 4 is 52.3 Å². The van der Waals surface area contributed by atoms with E-state index in [0.29, 0.717) is 33.6 Å². The van der Waals surface area contributed by atoms with Gasteiger partial charge in [0.05, 0.1) is 24.6 Å². The average Bonchev–Trinajstić information content (AvgIpc) is 3.65. The van der Waals surface area contributed by atoms with Crippen molar-refractivity contribution in [3.05, 3.63) is 94.0 Å². The highest BCUT2D eigenvalue weighted by Crippen LogP contribution is 2.36. The molecule has 3 aliphatic heterocycles. The zero-order valence-corrected chi connectivity index (χ0v) is 22.7. The van der Waals surface area contributed by atoms with E-state index in [4.69, 9.17) is 27.9 Å². The molecule has 3 amide bonds. The fraction of sp³-hybridized carbons (Fsp3) is 0.214. The predicted molar refractivity (Wildman–Crippen MR) is 148 cm³/mol. The molecule has 10 nitrogen and oxygen atoms in total. The number of anilines is 1. The van der Waals surface area contributed by atoms with Crippen LogP contribution in [0.4, 0.5) is 5.69 Å². The smallest absolute Gasteiger partial charge is 0.264 e. The molecule has 0 aromatic heterocycles. The van der Waals surface area contributed by atoms with Gasteiger partial charge in [0, 0.05) is 16.5 Å². The maximum absolute atomic E-state index is 13.7. The average molecular weight is 577 g/mol. The fourth-order valence-corrected chi connectivity index (χ4v) is 5.30. The minimum Gasteiger partial charge on any atom is -0.497 e. The van der Waals surface area contributed by atoms with Gasteiger partial charge in [0.1, 0.15) is 12.3 Å². The van der Waals surface area contributed by atoms with Crippen LogP contribution in [0.2, 0.25) is 10.0 Å². The molecule has 0 saturated carbocycles. The van der Waals surface area contributed by atoms with Crippen molar-refractivity contribution in [1.82, 2.24) is 10.0 Å². The number of rotatable bonds is 6. The highest BCUT2D eigenvalue weighted by atomic mass is 35.5. The Balaban J connectivity index is 1.26. The van der Waals surface area contributed by atoms with Gasteiger partial charge in [0.15, 0.2) is 12.1 Å². The summed E-state index contributed by atoms with van der Waals surface area (Å²) in [6.07, 6.45) is 0.467. The molecule has 6 rings (SSSR count). The van der Waals surface area contributed by atoms with Gasteiger partial charge in [-0.05, 0) is 59.7 Å². The number of imide groups is 1. The summed E-state index contributed by atoms with van der Waals surface area (Å²) in [6.45, 7) is -0.289. The number of ether oxygens (including phenoxy) is 1. The Kier molecular flexibility index (Phi) is 6.73. The Morgan fingerprint density at radius 1 is 0.925 bits per heavy atom. The number of hydrazone groups is 1. The molecule has 1 fully saturated rings. The second-order valence-electron chi connectivity index (χ2n) is 9.47. The fourth-order valence-electron chi connectivity index (χ4n) is 5.05. The van der Waals surface area contributed by atoms with E-state index in [0.717, 1.165) is 16.0 Å². The normalized spacial score (nSPS) is 21.7. The van der Waals surface area contributed by atoms with Gasteiger partial charge in [-0.2, -0.15) is 10.2 Å². The van der Waals surface area contributed by atoms with Crippen molar-refractivity contribution in [3.8, 4) is 5.75 Å². The van der Waals surface area contributed by atoms with E-state index >= 15 is 0 Å². The quantitative estimate of drug-likeness (QED) is 0.396. The van der Waals surface area contributed by atoms with E-state index in [-0.39, 0.29) is 6.54 Å². The van der Waals surface area contributed by atoms with Crippen LogP contribution >= 0.6 is 23.2 Å². The first kappa shape index (κ1) is 26.0. The molecule has 0 bridgehead atoms. The van der Waals surface area contributed by atoms with Crippen molar-refractivity contribution in [2.24, 2.45) is 15.4 Å². The molecule has 3 aliphatic rings. The summed E-state index contributed by atoms with van der Waals surface area (Å²) in [7, 11) is 1.59. The number of hydrogen-bond acceptors (Lipinski definition) is 8. The standard InChI is InChI=1S/C28H22Cl2N6O4/c1-40-21-12-4-17(5-13-21)23-14-22(16-2-6-18(29)7-3-16)32-36(23)24(37)15-34-26-25(31-33-34)27(38)35(28(26)39)20-10-8-19(30)9-11-20/h2-13,23,25-26H,14-15H2,1H3/t23-,25-,26+/m0/s1. The van der Waals surface area contributed by atoms with Crippen molar-refractivity contribution in [2.75, 3.05) is 18.6 Å². The number of nitrogens with zero attached hydrogens (tertiary/aromatic N) is 6. The van der Waals surface area contributed by atoms with Crippen molar-refractivity contribution in [3.63, 3.8) is 0 Å². The first-order valence-electron chi connectivity index (χ1n) is 12.4. The first-order valence-corrected chi connectivity index (χ1v) is 13.2. The molecular formula is C28H22Cl2N6O4. The molecular weight excluding hydrogens is 555 g/mol. The van der Waals surface area contributed by atoms with Crippen LogP contribution in [0, 0.1) is 0 Å². The van der Waals surface area contributed by atoms with Gasteiger partial charge >= 0.3 is 0 Å². The summed E-state index contributed by atoms with van der Waals surface area (Å²) < 4.78 is 5.28. The number of fused-ring (bicyclic) bond motifs is 1. The Bertz CT molecular complexity index is 1540. The summed E-state index contributed by atoms with van der Waals surface area (Å²) in [4.78, 5) is 41.2. The van der Waals surface area contributed by atoms with E-state index in [9.17, 15) is 14.4 Å². The molecule has 0 aliphatic carbocycles. The molecule has 0 spiro atoms. The van der Waals surface area contributed by atoms with E-state index < -0.39 is 35.8 Å². The zero-order valence-electron chi connectivity index (χ0n) is 21.1. The second kappa shape index (κ2) is 10.4. The number of benzene rings is 3. The molecule has 3 aromatic carbocycles. The van der Waals surface area contributed by atoms with Crippen molar-refractivity contribution in [1.29, 1.82) is 0 Å². The van der Waals surface area contributed by atoms with E-state index in [1.807, 2.05) is 36.4 Å². The third kappa shape index (κ3) is 4.59. The summed E-state index contributed by atoms with van der Waals surface area (Å²) in [6, 6.07) is 18.6. The largest absolute Gasteiger partial charge is 0.497 e. The van der Waals surface area contributed by atoms with Crippen LogP contribution in [0.1, 0.15) is 23.6 Å². The Morgan fingerprint density at radius 3 is 2.23 bits per heavy atom. The van der Waals surface area contributed by atoms with E-state index in [1.54, 1.807) is 43.5 Å². The third-order valence-corrected chi connectivity index (χ3v) is 7.59. The third-order valence-electron chi connectivity index (χ3n) is 7.08. The SMILES string of the molecule is COc1ccc([C@@H]2CC(c3ccc(Cl)cc3)=NN2C(=O)CN2N=N[C@@H]3C(=O)N(c4ccc(Cl)cc4)C(=O)[C@@H]32)cc1. The molecule has 202 valence electrons. The van der Waals surface area contributed by atoms with Crippen molar-refractivity contribution in [2.45, 2.75) is 24.5 Å². The van der Waals surface area contributed by atoms with E-state index in [1.165, 1.54) is 10.0 Å². The molecule has 12 heteroatoms. The molecule has 1 saturated heterocycles. The molecule has 3 heterocycles. The number of carbonyl (C=O) groups is 3. The van der Waals surface area contributed by atoms with Crippen LogP contribution in [0.25, 0.3) is 0 Å². The molecule has 3 aromatic rings. The number of halogens is 2. The van der Waals surface area contributed by atoms with Gasteiger partial charge in [-0.15, -0.1) is 0 Å². The van der Waals surface area contributed by atoms with Gasteiger partial charge in [-0.1, -0.05) is 52.7 Å². The molecule has 0 N–H and O–H groups in total. The highest BCUT2D eigenvalue weighted by Gasteiger charge is 2.55. The summed E-state index contributed by atoms with van der Waals surface area (Å²) in [5, 5.41) is 16.5. The lowest BCUT2D eigenvalue weighted by atomic mass is 9.98. The first-order chi connectivity index (χ1) is 19.3. The lowest BCUT2D eigenvalue weighted by molar-refractivity contribution is -0.135. The van der Waals surface area contributed by atoms with Crippen LogP contribution in [-0.2, 0) is 14.4 Å². The Labute approximate surface area is 239 Å². The predicted octanol–water partition coefficient (Wildman–Crippen LogP) is 4.67. The van der Waals surface area contributed by atoms with Crippen molar-refractivity contribution < 1.29 is 19.1 Å². The number of carbonyl (C=O) groups excluding carboxylic acids is 3. The van der Waals surface area contributed by atoms with Gasteiger partial charge in [0.2, 0.25) is 0 Å². The van der Waals surface area contributed by atoms with E-state index in [2.05, 4.69) is 15.4 Å². The molecule has 40 heavy (non-hydrogen) atoms. The van der Waals surface area contributed by atoms with Gasteiger partial charge < -0.3 is 4.74 Å². The van der Waals surface area contributed by atoms with Crippen LogP contribution in [0.5, 0.6) is 5.75 Å². The monoisotopic (exact) mass is 576 g/mol. The van der Waals surface area contributed by atoms with Gasteiger partial charge in [0.25, 0.3) is 17.7 Å². The van der Waals surface area contributed by atoms with Crippen LogP contribution in [0.15, 0.2) is 88.2 Å². The summed E-state index contributed by atoms with van der Waals surface area (Å²) in [5.41, 5.74) is 2.80. The van der Waals surface area contributed by atoms with Crippen LogP contribution < -0.4 is 9.64 Å². The lowest BCUT2D eigenvalue weighted by Crippen LogP contribution is -2.44. The van der Waals surface area contributed by atoms with Gasteiger partial charge in [-0.25, -0.2) is 9.91 Å². The molecule has 0 unspecified atom stereocenters. The summed E-state index contributed by atoms with van der Waals surface area (Å²) in [5.74, 6) is -0.712. The highest BCUT2D eigenvalue weighted by molar-refractivity contribution is 6.31. The summed E-state index contributed by atoms with van der Waals surface area (Å²) >= 11 is 12.0. The zero-order chi connectivity index (χ0) is 28.0. The maximum Gasteiger partial charge on any atom is 0.264 e. The molecule has 0 radical (unpaired) electrons. The Morgan fingerprint density at radius 2 is 1.57 bits per heavy atom. The number of methoxy groups -OCH3 is 1. The topological polar surface area (TPSA) is 107 Å². The minimum absolute atomic E-state index is 0.289. The number of hydrogen-bond donors (Lipinski definition) is 0. The Hall–Kier alpha value is -4.28. The maximum atomic E-state index is 13.7. The van der Waals surface area contributed by atoms with Gasteiger partial charge in [-0.3, -0.25) is 19.4 Å². The minimum atomic E-state index is -1.03. The van der Waals surface area contributed by atoms with Crippen LogP contribution in [0.3, 0.4) is 0 Å². The van der Waals surface area contributed by atoms with Crippen LogP contribution in [-0.4, -0.2) is 59.2 Å².